The van der Waals surface area contributed by atoms with E-state index in [0.717, 1.165) is 30.8 Å². The fourth-order valence-electron chi connectivity index (χ4n) is 1.95. The SMILES string of the molecule is ClC1CCN(c2ccc3nccnc3n2)C1. The normalized spacial score (nSPS) is 20.6. The summed E-state index contributed by atoms with van der Waals surface area (Å²) < 4.78 is 0. The molecular formula is C11H11ClN4. The zero-order chi connectivity index (χ0) is 11.0. The molecule has 1 aliphatic rings. The van der Waals surface area contributed by atoms with E-state index in [4.69, 9.17) is 11.6 Å². The van der Waals surface area contributed by atoms with Crippen LogP contribution in [0.15, 0.2) is 24.5 Å². The van der Waals surface area contributed by atoms with Gasteiger partial charge >= 0.3 is 0 Å². The topological polar surface area (TPSA) is 41.9 Å². The summed E-state index contributed by atoms with van der Waals surface area (Å²) in [6.45, 7) is 1.83. The van der Waals surface area contributed by atoms with E-state index in [1.807, 2.05) is 12.1 Å². The van der Waals surface area contributed by atoms with Gasteiger partial charge in [-0.15, -0.1) is 11.6 Å². The van der Waals surface area contributed by atoms with Crippen LogP contribution in [-0.2, 0) is 0 Å². The lowest BCUT2D eigenvalue weighted by Crippen LogP contribution is -2.20. The van der Waals surface area contributed by atoms with Crippen molar-refractivity contribution >= 4 is 28.6 Å². The molecule has 1 saturated heterocycles. The lowest BCUT2D eigenvalue weighted by molar-refractivity contribution is 0.941. The van der Waals surface area contributed by atoms with Crippen molar-refractivity contribution in [2.24, 2.45) is 0 Å². The number of alkyl halides is 1. The number of anilines is 1. The summed E-state index contributed by atoms with van der Waals surface area (Å²) in [5.74, 6) is 0.941. The van der Waals surface area contributed by atoms with Crippen LogP contribution < -0.4 is 4.90 Å². The van der Waals surface area contributed by atoms with E-state index < -0.39 is 0 Å². The number of hydrogen-bond donors (Lipinski definition) is 0. The first-order valence-electron chi connectivity index (χ1n) is 5.30. The van der Waals surface area contributed by atoms with Gasteiger partial charge in [-0.2, -0.15) is 0 Å². The summed E-state index contributed by atoms with van der Waals surface area (Å²) in [6, 6.07) is 3.93. The largest absolute Gasteiger partial charge is 0.355 e. The predicted octanol–water partition coefficient (Wildman–Crippen LogP) is 1.84. The average molecular weight is 235 g/mol. The minimum absolute atomic E-state index is 0.236. The van der Waals surface area contributed by atoms with Gasteiger partial charge in [0.1, 0.15) is 11.3 Å². The van der Waals surface area contributed by atoms with Crippen LogP contribution in [0, 0.1) is 0 Å². The second-order valence-electron chi connectivity index (χ2n) is 3.90. The van der Waals surface area contributed by atoms with E-state index >= 15 is 0 Å². The Morgan fingerprint density at radius 3 is 2.94 bits per heavy atom. The predicted molar refractivity (Wildman–Crippen MR) is 63.8 cm³/mol. The van der Waals surface area contributed by atoms with Gasteiger partial charge < -0.3 is 4.90 Å². The quantitative estimate of drug-likeness (QED) is 0.707. The lowest BCUT2D eigenvalue weighted by atomic mass is 10.4. The highest BCUT2D eigenvalue weighted by atomic mass is 35.5. The summed E-state index contributed by atoms with van der Waals surface area (Å²) in [7, 11) is 0. The Morgan fingerprint density at radius 1 is 1.25 bits per heavy atom. The van der Waals surface area contributed by atoms with Crippen molar-refractivity contribution in [1.29, 1.82) is 0 Å². The van der Waals surface area contributed by atoms with Crippen LogP contribution in [0.1, 0.15) is 6.42 Å². The van der Waals surface area contributed by atoms with Crippen LogP contribution >= 0.6 is 11.6 Å². The molecule has 0 bridgehead atoms. The fraction of sp³-hybridized carbons (Fsp3) is 0.364. The minimum Gasteiger partial charge on any atom is -0.355 e. The first-order chi connectivity index (χ1) is 7.83. The van der Waals surface area contributed by atoms with Gasteiger partial charge in [0.2, 0.25) is 0 Å². The summed E-state index contributed by atoms with van der Waals surface area (Å²) in [5.41, 5.74) is 1.52. The van der Waals surface area contributed by atoms with E-state index in [9.17, 15) is 0 Å². The van der Waals surface area contributed by atoms with Crippen LogP contribution in [0.25, 0.3) is 11.2 Å². The molecule has 1 atom stereocenters. The second-order valence-corrected chi connectivity index (χ2v) is 4.52. The number of nitrogens with zero attached hydrogens (tertiary/aromatic N) is 4. The van der Waals surface area contributed by atoms with Gasteiger partial charge in [-0.25, -0.2) is 9.97 Å². The zero-order valence-corrected chi connectivity index (χ0v) is 9.43. The molecule has 3 rings (SSSR count). The van der Waals surface area contributed by atoms with Crippen molar-refractivity contribution in [2.75, 3.05) is 18.0 Å². The molecule has 82 valence electrons. The Kier molecular flexibility index (Phi) is 2.36. The zero-order valence-electron chi connectivity index (χ0n) is 8.67. The number of pyridine rings is 1. The number of aromatic nitrogens is 3. The summed E-state index contributed by atoms with van der Waals surface area (Å²) in [4.78, 5) is 15.1. The smallest absolute Gasteiger partial charge is 0.180 e. The maximum atomic E-state index is 6.08. The molecule has 0 amide bonds. The molecule has 2 aromatic rings. The third kappa shape index (κ3) is 1.69. The van der Waals surface area contributed by atoms with Crippen molar-refractivity contribution in [2.45, 2.75) is 11.8 Å². The first-order valence-corrected chi connectivity index (χ1v) is 5.73. The van der Waals surface area contributed by atoms with Gasteiger partial charge in [-0.1, -0.05) is 0 Å². The summed E-state index contributed by atoms with van der Waals surface area (Å²) in [6.07, 6.45) is 4.35. The molecule has 0 radical (unpaired) electrons. The van der Waals surface area contributed by atoms with Crippen LogP contribution in [-0.4, -0.2) is 33.4 Å². The summed E-state index contributed by atoms with van der Waals surface area (Å²) in [5, 5.41) is 0.236. The van der Waals surface area contributed by atoms with Gasteiger partial charge in [0, 0.05) is 25.5 Å². The third-order valence-corrected chi connectivity index (χ3v) is 3.13. The van der Waals surface area contributed by atoms with E-state index in [0.29, 0.717) is 5.65 Å². The molecule has 3 heterocycles. The Morgan fingerprint density at radius 2 is 2.12 bits per heavy atom. The molecule has 0 N–H and O–H groups in total. The van der Waals surface area contributed by atoms with Crippen molar-refractivity contribution < 1.29 is 0 Å². The van der Waals surface area contributed by atoms with Crippen LogP contribution in [0.3, 0.4) is 0 Å². The monoisotopic (exact) mass is 234 g/mol. The van der Waals surface area contributed by atoms with E-state index in [2.05, 4.69) is 19.9 Å². The number of fused-ring (bicyclic) bond motifs is 1. The molecule has 1 aliphatic heterocycles. The number of halogens is 1. The minimum atomic E-state index is 0.236. The van der Waals surface area contributed by atoms with E-state index in [1.54, 1.807) is 12.4 Å². The standard InChI is InChI=1S/C11H11ClN4/c12-8-3-6-16(7-8)10-2-1-9-11(15-10)14-5-4-13-9/h1-2,4-5,8H,3,6-7H2. The Hall–Kier alpha value is -1.42. The number of hydrogen-bond acceptors (Lipinski definition) is 4. The van der Waals surface area contributed by atoms with Crippen LogP contribution in [0.2, 0.25) is 0 Å². The van der Waals surface area contributed by atoms with Crippen molar-refractivity contribution in [3.63, 3.8) is 0 Å². The average Bonchev–Trinajstić information content (AvgIpc) is 2.75. The fourth-order valence-corrected chi connectivity index (χ4v) is 2.21. The Labute approximate surface area is 98.3 Å². The molecule has 5 heteroatoms. The maximum absolute atomic E-state index is 6.08. The summed E-state index contributed by atoms with van der Waals surface area (Å²) >= 11 is 6.08. The highest BCUT2D eigenvalue weighted by molar-refractivity contribution is 6.21. The first kappa shape index (κ1) is 9.78. The van der Waals surface area contributed by atoms with Crippen molar-refractivity contribution in [3.05, 3.63) is 24.5 Å². The molecule has 0 saturated carbocycles. The highest BCUT2D eigenvalue weighted by Crippen LogP contribution is 2.22. The Balaban J connectivity index is 1.99. The molecule has 4 nitrogen and oxygen atoms in total. The molecule has 1 fully saturated rings. The van der Waals surface area contributed by atoms with Crippen molar-refractivity contribution in [1.82, 2.24) is 15.0 Å². The van der Waals surface area contributed by atoms with Gasteiger partial charge in [-0.05, 0) is 18.6 Å². The van der Waals surface area contributed by atoms with Gasteiger partial charge in [-0.3, -0.25) is 4.98 Å². The van der Waals surface area contributed by atoms with Crippen molar-refractivity contribution in [3.8, 4) is 0 Å². The Bertz CT molecular complexity index is 516. The molecular weight excluding hydrogens is 224 g/mol. The molecule has 16 heavy (non-hydrogen) atoms. The molecule has 1 unspecified atom stereocenters. The molecule has 0 aromatic carbocycles. The van der Waals surface area contributed by atoms with E-state index in [-0.39, 0.29) is 5.38 Å². The highest BCUT2D eigenvalue weighted by Gasteiger charge is 2.21. The lowest BCUT2D eigenvalue weighted by Gasteiger charge is -2.16. The van der Waals surface area contributed by atoms with Gasteiger partial charge in [0.25, 0.3) is 0 Å². The maximum Gasteiger partial charge on any atom is 0.180 e. The molecule has 0 spiro atoms. The van der Waals surface area contributed by atoms with Gasteiger partial charge in [0.15, 0.2) is 5.65 Å². The van der Waals surface area contributed by atoms with Crippen LogP contribution in [0.4, 0.5) is 5.82 Å². The van der Waals surface area contributed by atoms with Gasteiger partial charge in [0.05, 0.1) is 5.38 Å². The van der Waals surface area contributed by atoms with Crippen LogP contribution in [0.5, 0.6) is 0 Å². The molecule has 2 aromatic heterocycles. The molecule has 0 aliphatic carbocycles. The number of rotatable bonds is 1. The third-order valence-electron chi connectivity index (χ3n) is 2.77. The van der Waals surface area contributed by atoms with E-state index in [1.165, 1.54) is 0 Å². The second kappa shape index (κ2) is 3.87.